The first-order valence-electron chi connectivity index (χ1n) is 8.73. The number of halogens is 1. The summed E-state index contributed by atoms with van der Waals surface area (Å²) in [5.74, 6) is 0.509. The second kappa shape index (κ2) is 9.58. The number of hydrogen-bond donors (Lipinski definition) is 2. The average Bonchev–Trinajstić information content (AvgIpc) is 2.62. The Balaban J connectivity index is 0.00000208. The number of guanidine groups is 1. The Morgan fingerprint density at radius 3 is 2.46 bits per heavy atom. The lowest BCUT2D eigenvalue weighted by atomic mass is 9.80. The molecule has 0 aromatic heterocycles. The molecule has 0 unspecified atom stereocenters. The molecule has 1 heterocycles. The zero-order valence-electron chi connectivity index (χ0n) is 14.2. The van der Waals surface area contributed by atoms with Crippen LogP contribution < -0.4 is 11.1 Å². The number of morpholine rings is 1. The topological polar surface area (TPSA) is 62.9 Å². The molecule has 3 rings (SSSR count). The number of anilines is 1. The highest BCUT2D eigenvalue weighted by molar-refractivity contribution is 14.0. The monoisotopic (exact) mass is 444 g/mol. The zero-order valence-corrected chi connectivity index (χ0v) is 16.6. The van der Waals surface area contributed by atoms with E-state index in [-0.39, 0.29) is 29.5 Å². The van der Waals surface area contributed by atoms with Gasteiger partial charge in [0.25, 0.3) is 0 Å². The Morgan fingerprint density at radius 1 is 1.12 bits per heavy atom. The van der Waals surface area contributed by atoms with Crippen LogP contribution in [-0.4, -0.2) is 49.2 Å². The van der Waals surface area contributed by atoms with Gasteiger partial charge in [-0.3, -0.25) is 9.89 Å². The van der Waals surface area contributed by atoms with E-state index in [9.17, 15) is 0 Å². The second-order valence-corrected chi connectivity index (χ2v) is 6.58. The molecule has 0 amide bonds. The van der Waals surface area contributed by atoms with Crippen molar-refractivity contribution < 1.29 is 4.74 Å². The number of para-hydroxylation sites is 1. The highest BCUT2D eigenvalue weighted by Crippen LogP contribution is 2.34. The molecule has 1 aliphatic carbocycles. The highest BCUT2D eigenvalue weighted by Gasteiger charge is 2.38. The van der Waals surface area contributed by atoms with Crippen molar-refractivity contribution in [1.82, 2.24) is 4.90 Å². The van der Waals surface area contributed by atoms with Crippen LogP contribution in [0.5, 0.6) is 0 Å². The van der Waals surface area contributed by atoms with Crippen LogP contribution in [0.4, 0.5) is 5.69 Å². The predicted octanol–water partition coefficient (Wildman–Crippen LogP) is 3.07. The number of rotatable bonds is 4. The SMILES string of the molecule is I.NC(=NCC1(N2CCOCC2)CCCCC1)Nc1ccccc1. The van der Waals surface area contributed by atoms with E-state index in [4.69, 9.17) is 15.5 Å². The Kier molecular flexibility index (Phi) is 7.77. The van der Waals surface area contributed by atoms with Crippen molar-refractivity contribution in [3.8, 4) is 0 Å². The minimum absolute atomic E-state index is 0. The fourth-order valence-electron chi connectivity index (χ4n) is 3.76. The third-order valence-corrected chi connectivity index (χ3v) is 5.06. The average molecular weight is 444 g/mol. The molecular formula is C18H29IN4O. The summed E-state index contributed by atoms with van der Waals surface area (Å²) in [5, 5.41) is 3.19. The molecule has 1 saturated heterocycles. The third-order valence-electron chi connectivity index (χ3n) is 5.06. The number of benzene rings is 1. The van der Waals surface area contributed by atoms with E-state index in [2.05, 4.69) is 10.2 Å². The number of nitrogens with zero attached hydrogens (tertiary/aromatic N) is 2. The smallest absolute Gasteiger partial charge is 0.193 e. The van der Waals surface area contributed by atoms with Crippen LogP contribution in [0.2, 0.25) is 0 Å². The normalized spacial score (nSPS) is 21.8. The summed E-state index contributed by atoms with van der Waals surface area (Å²) in [5.41, 5.74) is 7.26. The van der Waals surface area contributed by atoms with E-state index in [1.807, 2.05) is 30.3 Å². The van der Waals surface area contributed by atoms with Crippen LogP contribution in [0.1, 0.15) is 32.1 Å². The minimum Gasteiger partial charge on any atom is -0.379 e. The maximum absolute atomic E-state index is 6.11. The molecule has 1 aromatic rings. The van der Waals surface area contributed by atoms with Gasteiger partial charge in [-0.05, 0) is 25.0 Å². The number of hydrogen-bond acceptors (Lipinski definition) is 3. The van der Waals surface area contributed by atoms with Gasteiger partial charge >= 0.3 is 0 Å². The van der Waals surface area contributed by atoms with Gasteiger partial charge in [-0.2, -0.15) is 0 Å². The van der Waals surface area contributed by atoms with Crippen LogP contribution in [0.25, 0.3) is 0 Å². The van der Waals surface area contributed by atoms with Crippen LogP contribution in [0.3, 0.4) is 0 Å². The largest absolute Gasteiger partial charge is 0.379 e. The zero-order chi connectivity index (χ0) is 16.0. The lowest BCUT2D eigenvalue weighted by Gasteiger charge is -2.47. The van der Waals surface area contributed by atoms with E-state index in [1.54, 1.807) is 0 Å². The van der Waals surface area contributed by atoms with Crippen molar-refractivity contribution in [3.63, 3.8) is 0 Å². The number of aliphatic imine (C=N–C) groups is 1. The van der Waals surface area contributed by atoms with Crippen LogP contribution in [0, 0.1) is 0 Å². The molecule has 2 fully saturated rings. The molecule has 134 valence electrons. The molecule has 3 N–H and O–H groups in total. The molecule has 2 aliphatic rings. The summed E-state index contributed by atoms with van der Waals surface area (Å²) in [4.78, 5) is 7.28. The van der Waals surface area contributed by atoms with Crippen molar-refractivity contribution >= 4 is 35.6 Å². The molecular weight excluding hydrogens is 415 g/mol. The lowest BCUT2D eigenvalue weighted by molar-refractivity contribution is -0.0333. The summed E-state index contributed by atoms with van der Waals surface area (Å²) >= 11 is 0. The third kappa shape index (κ3) is 5.07. The Morgan fingerprint density at radius 2 is 1.79 bits per heavy atom. The van der Waals surface area contributed by atoms with E-state index >= 15 is 0 Å². The van der Waals surface area contributed by atoms with Gasteiger partial charge in [-0.1, -0.05) is 37.5 Å². The van der Waals surface area contributed by atoms with Gasteiger partial charge in [0.15, 0.2) is 5.96 Å². The molecule has 0 spiro atoms. The molecule has 1 aromatic carbocycles. The molecule has 1 saturated carbocycles. The van der Waals surface area contributed by atoms with E-state index in [0.717, 1.165) is 38.5 Å². The maximum Gasteiger partial charge on any atom is 0.193 e. The van der Waals surface area contributed by atoms with Gasteiger partial charge in [0.05, 0.1) is 19.8 Å². The lowest BCUT2D eigenvalue weighted by Crippen LogP contribution is -2.56. The molecule has 0 radical (unpaired) electrons. The van der Waals surface area contributed by atoms with Gasteiger partial charge in [0, 0.05) is 24.3 Å². The molecule has 0 bridgehead atoms. The quantitative estimate of drug-likeness (QED) is 0.426. The molecule has 24 heavy (non-hydrogen) atoms. The minimum atomic E-state index is 0. The van der Waals surface area contributed by atoms with E-state index < -0.39 is 0 Å². The van der Waals surface area contributed by atoms with Crippen molar-refractivity contribution in [2.24, 2.45) is 10.7 Å². The van der Waals surface area contributed by atoms with E-state index in [1.165, 1.54) is 32.1 Å². The summed E-state index contributed by atoms with van der Waals surface area (Å²) in [6.07, 6.45) is 6.36. The van der Waals surface area contributed by atoms with Crippen molar-refractivity contribution in [2.75, 3.05) is 38.2 Å². The Bertz CT molecular complexity index is 511. The van der Waals surface area contributed by atoms with Crippen molar-refractivity contribution in [2.45, 2.75) is 37.6 Å². The van der Waals surface area contributed by atoms with Gasteiger partial charge < -0.3 is 15.8 Å². The fraction of sp³-hybridized carbons (Fsp3) is 0.611. The first-order valence-corrected chi connectivity index (χ1v) is 8.73. The van der Waals surface area contributed by atoms with Crippen LogP contribution >= 0.6 is 24.0 Å². The number of nitrogens with two attached hydrogens (primary N) is 1. The Labute approximate surface area is 162 Å². The molecule has 0 atom stereocenters. The number of nitrogens with one attached hydrogen (secondary N) is 1. The van der Waals surface area contributed by atoms with Crippen LogP contribution in [0.15, 0.2) is 35.3 Å². The van der Waals surface area contributed by atoms with Crippen molar-refractivity contribution in [1.29, 1.82) is 0 Å². The van der Waals surface area contributed by atoms with Gasteiger partial charge in [0.1, 0.15) is 0 Å². The van der Waals surface area contributed by atoms with Gasteiger partial charge in [0.2, 0.25) is 0 Å². The standard InChI is InChI=1S/C18H28N4O.HI/c19-17(21-16-7-3-1-4-8-16)20-15-18(9-5-2-6-10-18)22-11-13-23-14-12-22;/h1,3-4,7-8H,2,5-6,9-15H2,(H3,19,20,21);1H. The number of ether oxygens (including phenoxy) is 1. The van der Waals surface area contributed by atoms with Gasteiger partial charge in [-0.15, -0.1) is 24.0 Å². The maximum atomic E-state index is 6.11. The summed E-state index contributed by atoms with van der Waals surface area (Å²) in [6.45, 7) is 4.48. The van der Waals surface area contributed by atoms with Crippen LogP contribution in [-0.2, 0) is 4.74 Å². The molecule has 1 aliphatic heterocycles. The van der Waals surface area contributed by atoms with Crippen molar-refractivity contribution in [3.05, 3.63) is 30.3 Å². The summed E-state index contributed by atoms with van der Waals surface area (Å²) in [7, 11) is 0. The molecule has 5 nitrogen and oxygen atoms in total. The summed E-state index contributed by atoms with van der Waals surface area (Å²) in [6, 6.07) is 9.98. The molecule has 6 heteroatoms. The second-order valence-electron chi connectivity index (χ2n) is 6.58. The highest BCUT2D eigenvalue weighted by atomic mass is 127. The first kappa shape index (κ1) is 19.5. The first-order chi connectivity index (χ1) is 11.3. The summed E-state index contributed by atoms with van der Waals surface area (Å²) < 4.78 is 5.53. The Hall–Kier alpha value is -0.860. The predicted molar refractivity (Wildman–Crippen MR) is 110 cm³/mol. The fourth-order valence-corrected chi connectivity index (χ4v) is 3.76. The van der Waals surface area contributed by atoms with E-state index in [0.29, 0.717) is 5.96 Å². The van der Waals surface area contributed by atoms with Gasteiger partial charge in [-0.25, -0.2) is 0 Å².